The molecule has 0 saturated carbocycles. The molecule has 2 heteroatoms. The van der Waals surface area contributed by atoms with E-state index in [-0.39, 0.29) is 0 Å². The molecule has 0 aliphatic carbocycles. The Labute approximate surface area is 135 Å². The highest BCUT2D eigenvalue weighted by molar-refractivity contribution is 6.09. The summed E-state index contributed by atoms with van der Waals surface area (Å²) in [5, 5.41) is 2.05. The van der Waals surface area contributed by atoms with Crippen molar-refractivity contribution >= 4 is 21.9 Å². The molecule has 1 unspecified atom stereocenters. The van der Waals surface area contributed by atoms with Crippen molar-refractivity contribution in [2.24, 2.45) is 0 Å². The van der Waals surface area contributed by atoms with Gasteiger partial charge in [0.15, 0.2) is 0 Å². The summed E-state index contributed by atoms with van der Waals surface area (Å²) in [5.74, 6) is -1.70. The number of aromatic nitrogens is 1. The smallest absolute Gasteiger partial charge is 0.144 e. The number of benzene rings is 2. The summed E-state index contributed by atoms with van der Waals surface area (Å²) >= 11 is 0. The van der Waals surface area contributed by atoms with E-state index in [2.05, 4.69) is 4.98 Å². The summed E-state index contributed by atoms with van der Waals surface area (Å²) in [6.07, 6.45) is 1.47. The van der Waals surface area contributed by atoms with Crippen molar-refractivity contribution in [3.05, 3.63) is 66.4 Å². The first-order valence-electron chi connectivity index (χ1n) is 9.16. The zero-order chi connectivity index (χ0) is 18.5. The van der Waals surface area contributed by atoms with Crippen molar-refractivity contribution in [3.8, 4) is 11.3 Å². The highest BCUT2D eigenvalue weighted by Crippen LogP contribution is 2.35. The van der Waals surface area contributed by atoms with E-state index in [9.17, 15) is 0 Å². The largest absolute Gasteiger partial charge is 0.455 e. The Balaban J connectivity index is 1.84. The van der Waals surface area contributed by atoms with Crippen LogP contribution in [0.15, 0.2) is 65.2 Å². The second-order valence-corrected chi connectivity index (χ2v) is 5.34. The van der Waals surface area contributed by atoms with Crippen molar-refractivity contribution in [2.45, 2.75) is 19.7 Å². The minimum atomic E-state index is -2.42. The second kappa shape index (κ2) is 4.99. The van der Waals surface area contributed by atoms with Crippen molar-refractivity contribution in [2.75, 3.05) is 0 Å². The average Bonchev–Trinajstić information content (AvgIpc) is 2.99. The van der Waals surface area contributed by atoms with Crippen molar-refractivity contribution in [3.63, 3.8) is 0 Å². The fourth-order valence-electron chi connectivity index (χ4n) is 2.72. The third-order valence-corrected chi connectivity index (χ3v) is 3.88. The maximum Gasteiger partial charge on any atom is 0.144 e. The standard InChI is InChI=1S/C20H17NO/c1-13(2)14-10-11-18(21-12-14)17-8-5-7-16-15-6-3-4-9-19(15)22-20(16)17/h3-13H,1-2H3/i1D3,13D. The van der Waals surface area contributed by atoms with E-state index in [1.54, 1.807) is 12.1 Å². The third-order valence-electron chi connectivity index (χ3n) is 3.88. The van der Waals surface area contributed by atoms with Gasteiger partial charge in [-0.05, 0) is 29.7 Å². The van der Waals surface area contributed by atoms with Gasteiger partial charge >= 0.3 is 0 Å². The molecule has 0 N–H and O–H groups in total. The van der Waals surface area contributed by atoms with Crippen LogP contribution in [0.2, 0.25) is 0 Å². The zero-order valence-corrected chi connectivity index (χ0v) is 12.1. The van der Waals surface area contributed by atoms with Crippen LogP contribution in [-0.2, 0) is 0 Å². The van der Waals surface area contributed by atoms with Gasteiger partial charge in [0.25, 0.3) is 0 Å². The minimum absolute atomic E-state index is 0.359. The van der Waals surface area contributed by atoms with E-state index in [4.69, 9.17) is 9.90 Å². The van der Waals surface area contributed by atoms with E-state index in [0.29, 0.717) is 11.3 Å². The van der Waals surface area contributed by atoms with Gasteiger partial charge in [-0.25, -0.2) is 0 Å². The van der Waals surface area contributed by atoms with Crippen LogP contribution in [0.1, 0.15) is 30.7 Å². The van der Waals surface area contributed by atoms with Crippen molar-refractivity contribution in [1.82, 2.24) is 4.98 Å². The molecule has 1 atom stereocenters. The number of furan rings is 1. The van der Waals surface area contributed by atoms with Crippen LogP contribution in [0.25, 0.3) is 33.2 Å². The van der Waals surface area contributed by atoms with Gasteiger partial charge in [-0.3, -0.25) is 4.98 Å². The molecule has 2 heterocycles. The molecule has 0 aliphatic heterocycles. The summed E-state index contributed by atoms with van der Waals surface area (Å²) in [4.78, 5) is 4.42. The predicted molar refractivity (Wildman–Crippen MR) is 91.0 cm³/mol. The first-order valence-corrected chi connectivity index (χ1v) is 7.16. The molecule has 0 aliphatic rings. The van der Waals surface area contributed by atoms with Gasteiger partial charge in [0.2, 0.25) is 0 Å². The topological polar surface area (TPSA) is 26.0 Å². The fourth-order valence-corrected chi connectivity index (χ4v) is 2.72. The maximum atomic E-state index is 8.18. The van der Waals surface area contributed by atoms with Crippen LogP contribution < -0.4 is 0 Å². The van der Waals surface area contributed by atoms with Gasteiger partial charge in [-0.2, -0.15) is 0 Å². The van der Waals surface area contributed by atoms with Gasteiger partial charge in [0.1, 0.15) is 11.2 Å². The van der Waals surface area contributed by atoms with Gasteiger partial charge < -0.3 is 4.42 Å². The molecule has 0 saturated heterocycles. The Kier molecular flexibility index (Phi) is 2.13. The van der Waals surface area contributed by atoms with Gasteiger partial charge in [-0.15, -0.1) is 0 Å². The van der Waals surface area contributed by atoms with E-state index >= 15 is 0 Å². The second-order valence-electron chi connectivity index (χ2n) is 5.34. The molecular weight excluding hydrogens is 270 g/mol. The third kappa shape index (κ3) is 2.00. The van der Waals surface area contributed by atoms with E-state index < -0.39 is 12.7 Å². The van der Waals surface area contributed by atoms with Crippen LogP contribution in [0, 0.1) is 0 Å². The Bertz CT molecular complexity index is 1090. The molecule has 4 aromatic rings. The molecule has 2 aromatic heterocycles. The molecule has 0 amide bonds. The predicted octanol–water partition coefficient (Wildman–Crippen LogP) is 5.77. The van der Waals surface area contributed by atoms with E-state index in [1.807, 2.05) is 42.5 Å². The van der Waals surface area contributed by atoms with Crippen LogP contribution in [0.4, 0.5) is 0 Å². The SMILES string of the molecule is [2H]C([2H])([2H])C([2H])(C)c1ccc(-c2cccc3c2oc2ccccc23)nc1. The van der Waals surface area contributed by atoms with Crippen molar-refractivity contribution in [1.29, 1.82) is 0 Å². The van der Waals surface area contributed by atoms with Gasteiger partial charge in [-0.1, -0.05) is 50.2 Å². The zero-order valence-electron chi connectivity index (χ0n) is 16.1. The van der Waals surface area contributed by atoms with E-state index in [1.165, 1.54) is 13.1 Å². The number of hydrogen-bond donors (Lipinski definition) is 0. The first-order chi connectivity index (χ1) is 12.3. The Morgan fingerprint density at radius 3 is 2.73 bits per heavy atom. The molecule has 0 bridgehead atoms. The Morgan fingerprint density at radius 1 is 1.05 bits per heavy atom. The summed E-state index contributed by atoms with van der Waals surface area (Å²) < 4.78 is 36.9. The van der Waals surface area contributed by atoms with E-state index in [0.717, 1.165) is 27.5 Å². The van der Waals surface area contributed by atoms with Crippen LogP contribution in [0.5, 0.6) is 0 Å². The van der Waals surface area contributed by atoms with Gasteiger partial charge in [0.05, 0.1) is 5.69 Å². The highest BCUT2D eigenvalue weighted by Gasteiger charge is 2.12. The molecule has 2 aromatic carbocycles. The maximum absolute atomic E-state index is 8.18. The molecule has 0 radical (unpaired) electrons. The Morgan fingerprint density at radius 2 is 1.91 bits per heavy atom. The quantitative estimate of drug-likeness (QED) is 0.468. The number of para-hydroxylation sites is 2. The summed E-state index contributed by atoms with van der Waals surface area (Å²) in [6.45, 7) is -1.04. The molecule has 2 nitrogen and oxygen atoms in total. The number of rotatable bonds is 2. The number of hydrogen-bond acceptors (Lipinski definition) is 2. The lowest BCUT2D eigenvalue weighted by Gasteiger charge is -2.06. The summed E-state index contributed by atoms with van der Waals surface area (Å²) in [6, 6.07) is 17.1. The average molecular weight is 291 g/mol. The molecule has 0 fully saturated rings. The summed E-state index contributed by atoms with van der Waals surface area (Å²) in [5.41, 5.74) is 3.44. The lowest BCUT2D eigenvalue weighted by molar-refractivity contribution is 0.670. The lowest BCUT2D eigenvalue weighted by Crippen LogP contribution is -1.90. The van der Waals surface area contributed by atoms with Gasteiger partial charge in [0, 0.05) is 28.0 Å². The van der Waals surface area contributed by atoms with Crippen LogP contribution in [-0.4, -0.2) is 4.98 Å². The monoisotopic (exact) mass is 291 g/mol. The highest BCUT2D eigenvalue weighted by atomic mass is 16.3. The minimum Gasteiger partial charge on any atom is -0.455 e. The summed E-state index contributed by atoms with van der Waals surface area (Å²) in [7, 11) is 0. The fraction of sp³-hybridized carbons (Fsp3) is 0.150. The first kappa shape index (κ1) is 9.42. The van der Waals surface area contributed by atoms with Crippen LogP contribution >= 0.6 is 0 Å². The van der Waals surface area contributed by atoms with Crippen molar-refractivity contribution < 1.29 is 9.90 Å². The molecule has 4 rings (SSSR count). The number of pyridine rings is 1. The number of fused-ring (bicyclic) bond motifs is 3. The molecular formula is C20H17NO. The molecule has 22 heavy (non-hydrogen) atoms. The molecule has 108 valence electrons. The Hall–Kier alpha value is -2.61. The number of nitrogens with zero attached hydrogens (tertiary/aromatic N) is 1. The molecule has 0 spiro atoms. The normalized spacial score (nSPS) is 17.5. The van der Waals surface area contributed by atoms with Crippen LogP contribution in [0.3, 0.4) is 0 Å². The lowest BCUT2D eigenvalue weighted by atomic mass is 10.0.